The van der Waals surface area contributed by atoms with Gasteiger partial charge in [0.25, 0.3) is 0 Å². The number of nitrogens with one attached hydrogen (secondary N) is 2. The fourth-order valence-electron chi connectivity index (χ4n) is 0.752. The van der Waals surface area contributed by atoms with Gasteiger partial charge in [0.05, 0.1) is 5.75 Å². The zero-order valence-corrected chi connectivity index (χ0v) is 10.0. The first-order valence-electron chi connectivity index (χ1n) is 4.91. The quantitative estimate of drug-likeness (QED) is 0.571. The highest BCUT2D eigenvalue weighted by Crippen LogP contribution is 1.96. The van der Waals surface area contributed by atoms with Crippen LogP contribution in [0, 0.1) is 5.92 Å². The summed E-state index contributed by atoms with van der Waals surface area (Å²) in [5.41, 5.74) is 5.27. The van der Waals surface area contributed by atoms with Gasteiger partial charge in [-0.05, 0) is 5.92 Å². The molecule has 0 aromatic rings. The number of rotatable bonds is 6. The van der Waals surface area contributed by atoms with Crippen molar-refractivity contribution in [2.75, 3.05) is 24.6 Å². The van der Waals surface area contributed by atoms with E-state index in [4.69, 9.17) is 5.73 Å². The van der Waals surface area contributed by atoms with Crippen molar-refractivity contribution in [1.29, 1.82) is 0 Å². The van der Waals surface area contributed by atoms with Crippen LogP contribution in [0.3, 0.4) is 0 Å². The van der Waals surface area contributed by atoms with Crippen LogP contribution in [-0.4, -0.2) is 36.5 Å². The van der Waals surface area contributed by atoms with Crippen LogP contribution in [0.2, 0.25) is 0 Å². The molecule has 0 spiro atoms. The Hall–Kier alpha value is -0.750. The highest BCUT2D eigenvalue weighted by Gasteiger charge is 2.06. The van der Waals surface area contributed by atoms with E-state index in [2.05, 4.69) is 10.6 Å². The molecule has 0 radical (unpaired) electrons. The van der Waals surface area contributed by atoms with Gasteiger partial charge in [-0.3, -0.25) is 10.1 Å². The standard InChI is InChI=1S/C9H19N3O2S/c1-7(2)5-11-9(14)12-8(13)6-15-4-3-10/h7H,3-6,10H2,1-2H3,(H2,11,12,13,14). The molecule has 0 unspecified atom stereocenters. The van der Waals surface area contributed by atoms with Crippen molar-refractivity contribution in [3.8, 4) is 0 Å². The minimum absolute atomic E-state index is 0.270. The lowest BCUT2D eigenvalue weighted by Gasteiger charge is -2.08. The Morgan fingerprint density at radius 2 is 2.07 bits per heavy atom. The van der Waals surface area contributed by atoms with Gasteiger partial charge in [0.15, 0.2) is 0 Å². The second-order valence-electron chi connectivity index (χ2n) is 3.49. The third kappa shape index (κ3) is 9.55. The maximum atomic E-state index is 11.1. The van der Waals surface area contributed by atoms with Crippen molar-refractivity contribution in [2.45, 2.75) is 13.8 Å². The van der Waals surface area contributed by atoms with E-state index in [-0.39, 0.29) is 11.7 Å². The first-order valence-corrected chi connectivity index (χ1v) is 6.07. The number of imide groups is 1. The van der Waals surface area contributed by atoms with E-state index in [1.54, 1.807) is 0 Å². The molecule has 3 amide bonds. The predicted molar refractivity (Wildman–Crippen MR) is 62.8 cm³/mol. The van der Waals surface area contributed by atoms with Gasteiger partial charge in [-0.2, -0.15) is 11.8 Å². The molecule has 0 saturated heterocycles. The Kier molecular flexibility index (Phi) is 8.12. The van der Waals surface area contributed by atoms with E-state index >= 15 is 0 Å². The van der Waals surface area contributed by atoms with Crippen molar-refractivity contribution in [1.82, 2.24) is 10.6 Å². The summed E-state index contributed by atoms with van der Waals surface area (Å²) in [5, 5.41) is 4.84. The zero-order valence-electron chi connectivity index (χ0n) is 9.21. The van der Waals surface area contributed by atoms with E-state index in [1.807, 2.05) is 13.8 Å². The molecule has 0 aliphatic rings. The Morgan fingerprint density at radius 1 is 1.40 bits per heavy atom. The van der Waals surface area contributed by atoms with Crippen LogP contribution in [0.5, 0.6) is 0 Å². The number of urea groups is 1. The van der Waals surface area contributed by atoms with Crippen molar-refractivity contribution >= 4 is 23.7 Å². The van der Waals surface area contributed by atoms with Crippen LogP contribution < -0.4 is 16.4 Å². The Labute approximate surface area is 94.5 Å². The highest BCUT2D eigenvalue weighted by atomic mass is 32.2. The first-order chi connectivity index (χ1) is 7.06. The summed E-state index contributed by atoms with van der Waals surface area (Å²) < 4.78 is 0. The van der Waals surface area contributed by atoms with Gasteiger partial charge in [-0.1, -0.05) is 13.8 Å². The van der Waals surface area contributed by atoms with Gasteiger partial charge in [0.2, 0.25) is 5.91 Å². The predicted octanol–water partition coefficient (Wildman–Crippen LogP) is 0.160. The molecule has 0 aromatic heterocycles. The van der Waals surface area contributed by atoms with Crippen molar-refractivity contribution in [3.63, 3.8) is 0 Å². The SMILES string of the molecule is CC(C)CNC(=O)NC(=O)CSCCN. The summed E-state index contributed by atoms with van der Waals surface area (Å²) in [4.78, 5) is 22.3. The topological polar surface area (TPSA) is 84.2 Å². The first kappa shape index (κ1) is 14.2. The number of carbonyl (C=O) groups excluding carboxylic acids is 2. The molecular weight excluding hydrogens is 214 g/mol. The van der Waals surface area contributed by atoms with Gasteiger partial charge in [-0.25, -0.2) is 4.79 Å². The molecule has 0 heterocycles. The normalized spacial score (nSPS) is 10.1. The van der Waals surface area contributed by atoms with Crippen LogP contribution in [0.4, 0.5) is 4.79 Å². The number of nitrogens with two attached hydrogens (primary N) is 1. The third-order valence-electron chi connectivity index (χ3n) is 1.42. The van der Waals surface area contributed by atoms with Crippen molar-refractivity contribution in [2.24, 2.45) is 11.7 Å². The molecule has 0 rings (SSSR count). The summed E-state index contributed by atoms with van der Waals surface area (Å²) in [7, 11) is 0. The molecular formula is C9H19N3O2S. The van der Waals surface area contributed by atoms with Crippen LogP contribution in [0.15, 0.2) is 0 Å². The number of amides is 3. The maximum absolute atomic E-state index is 11.1. The number of hydrogen-bond acceptors (Lipinski definition) is 4. The highest BCUT2D eigenvalue weighted by molar-refractivity contribution is 7.99. The molecule has 0 fully saturated rings. The molecule has 4 N–H and O–H groups in total. The Balaban J connectivity index is 3.53. The molecule has 0 aromatic carbocycles. The average molecular weight is 233 g/mol. The number of thioether (sulfide) groups is 1. The lowest BCUT2D eigenvalue weighted by Crippen LogP contribution is -2.41. The lowest BCUT2D eigenvalue weighted by molar-refractivity contribution is -0.117. The molecule has 6 heteroatoms. The Bertz CT molecular complexity index is 210. The van der Waals surface area contributed by atoms with Crippen molar-refractivity contribution < 1.29 is 9.59 Å². The van der Waals surface area contributed by atoms with Crippen molar-refractivity contribution in [3.05, 3.63) is 0 Å². The second-order valence-corrected chi connectivity index (χ2v) is 4.60. The summed E-state index contributed by atoms with van der Waals surface area (Å²) in [6.45, 7) is 5.07. The van der Waals surface area contributed by atoms with E-state index < -0.39 is 6.03 Å². The fourth-order valence-corrected chi connectivity index (χ4v) is 1.32. The largest absolute Gasteiger partial charge is 0.338 e. The van der Waals surface area contributed by atoms with E-state index in [1.165, 1.54) is 11.8 Å². The van der Waals surface area contributed by atoms with E-state index in [9.17, 15) is 9.59 Å². The molecule has 15 heavy (non-hydrogen) atoms. The van der Waals surface area contributed by atoms with Crippen LogP contribution in [0.25, 0.3) is 0 Å². The van der Waals surface area contributed by atoms with E-state index in [0.29, 0.717) is 19.0 Å². The summed E-state index contributed by atoms with van der Waals surface area (Å²) in [5.74, 6) is 1.08. The maximum Gasteiger partial charge on any atom is 0.321 e. The van der Waals surface area contributed by atoms with Gasteiger partial charge in [0, 0.05) is 18.8 Å². The molecule has 0 aliphatic heterocycles. The third-order valence-corrected chi connectivity index (χ3v) is 2.41. The minimum Gasteiger partial charge on any atom is -0.338 e. The second kappa shape index (κ2) is 8.55. The molecule has 5 nitrogen and oxygen atoms in total. The molecule has 0 saturated carbocycles. The van der Waals surface area contributed by atoms with Gasteiger partial charge in [0.1, 0.15) is 0 Å². The van der Waals surface area contributed by atoms with Gasteiger partial charge in [-0.15, -0.1) is 0 Å². The Morgan fingerprint density at radius 3 is 2.60 bits per heavy atom. The van der Waals surface area contributed by atoms with Gasteiger partial charge >= 0.3 is 6.03 Å². The van der Waals surface area contributed by atoms with Crippen LogP contribution in [0.1, 0.15) is 13.8 Å². The smallest absolute Gasteiger partial charge is 0.321 e. The van der Waals surface area contributed by atoms with Gasteiger partial charge < -0.3 is 11.1 Å². The fraction of sp³-hybridized carbons (Fsp3) is 0.778. The average Bonchev–Trinajstić information content (AvgIpc) is 2.15. The van der Waals surface area contributed by atoms with E-state index in [0.717, 1.165) is 5.75 Å². The summed E-state index contributed by atoms with van der Waals surface area (Å²) >= 11 is 1.41. The molecule has 88 valence electrons. The lowest BCUT2D eigenvalue weighted by atomic mass is 10.2. The zero-order chi connectivity index (χ0) is 11.7. The molecule has 0 atom stereocenters. The van der Waals surface area contributed by atoms with Crippen LogP contribution in [-0.2, 0) is 4.79 Å². The summed E-state index contributed by atoms with van der Waals surface area (Å²) in [6.07, 6.45) is 0. The summed E-state index contributed by atoms with van der Waals surface area (Å²) in [6, 6.07) is -0.429. The monoisotopic (exact) mass is 233 g/mol. The number of carbonyl (C=O) groups is 2. The van der Waals surface area contributed by atoms with Crippen LogP contribution >= 0.6 is 11.8 Å². The molecule has 0 bridgehead atoms. The number of hydrogen-bond donors (Lipinski definition) is 3. The minimum atomic E-state index is -0.429. The molecule has 0 aliphatic carbocycles.